The Morgan fingerprint density at radius 3 is 2.28 bits per heavy atom. The largest absolute Gasteiger partial charge is 0.395 e. The highest BCUT2D eigenvalue weighted by molar-refractivity contribution is 9.10. The summed E-state index contributed by atoms with van der Waals surface area (Å²) in [5, 5.41) is 17.5. The maximum Gasteiger partial charge on any atom is 0.245 e. The van der Waals surface area contributed by atoms with E-state index >= 15 is 0 Å². The van der Waals surface area contributed by atoms with Gasteiger partial charge in [-0.15, -0.1) is 0 Å². The van der Waals surface area contributed by atoms with Gasteiger partial charge in [0.05, 0.1) is 19.3 Å². The number of hydrogen-bond acceptors (Lipinski definition) is 4. The van der Waals surface area contributed by atoms with Crippen LogP contribution in [-0.2, 0) is 10.0 Å². The van der Waals surface area contributed by atoms with Crippen molar-refractivity contribution >= 4 is 26.0 Å². The fourth-order valence-corrected chi connectivity index (χ4v) is 3.58. The second-order valence-electron chi connectivity index (χ2n) is 3.38. The maximum atomic E-state index is 13.5. The summed E-state index contributed by atoms with van der Waals surface area (Å²) in [5.41, 5.74) is 0. The Labute approximate surface area is 111 Å². The first-order valence-electron chi connectivity index (χ1n) is 4.70. The van der Waals surface area contributed by atoms with Gasteiger partial charge in [-0.2, -0.15) is 0 Å². The summed E-state index contributed by atoms with van der Waals surface area (Å²) in [6.07, 6.45) is 0. The van der Waals surface area contributed by atoms with Crippen molar-refractivity contribution in [3.05, 3.63) is 28.2 Å². The van der Waals surface area contributed by atoms with Gasteiger partial charge in [0.15, 0.2) is 0 Å². The molecule has 9 heteroatoms. The van der Waals surface area contributed by atoms with Crippen molar-refractivity contribution in [2.45, 2.75) is 10.9 Å². The molecule has 0 amide bonds. The van der Waals surface area contributed by atoms with E-state index < -0.39 is 45.8 Å². The SMILES string of the molecule is O=S(=O)(NC(CO)CO)c1c(F)cc(F)cc1Br. The first kappa shape index (κ1) is 15.4. The molecule has 0 fully saturated rings. The third kappa shape index (κ3) is 3.45. The second kappa shape index (κ2) is 6.02. The molecule has 1 aromatic rings. The number of hydrogen-bond donors (Lipinski definition) is 3. The Hall–Kier alpha value is -0.610. The third-order valence-corrected chi connectivity index (χ3v) is 4.48. The Morgan fingerprint density at radius 2 is 1.83 bits per heavy atom. The van der Waals surface area contributed by atoms with Crippen LogP contribution in [0, 0.1) is 11.6 Å². The lowest BCUT2D eigenvalue weighted by atomic mass is 10.3. The molecule has 5 nitrogen and oxygen atoms in total. The van der Waals surface area contributed by atoms with Crippen molar-refractivity contribution in [2.24, 2.45) is 0 Å². The van der Waals surface area contributed by atoms with Gasteiger partial charge in [0.2, 0.25) is 10.0 Å². The van der Waals surface area contributed by atoms with Gasteiger partial charge >= 0.3 is 0 Å². The van der Waals surface area contributed by atoms with Gasteiger partial charge in [-0.1, -0.05) is 0 Å². The molecule has 0 heterocycles. The summed E-state index contributed by atoms with van der Waals surface area (Å²) in [5.74, 6) is -2.21. The van der Waals surface area contributed by atoms with Crippen LogP contribution in [0.1, 0.15) is 0 Å². The second-order valence-corrected chi connectivity index (χ2v) is 5.89. The first-order valence-corrected chi connectivity index (χ1v) is 6.98. The number of aliphatic hydroxyl groups is 2. The average Bonchev–Trinajstić information content (AvgIpc) is 2.23. The van der Waals surface area contributed by atoms with Crippen LogP contribution in [-0.4, -0.2) is 37.9 Å². The van der Waals surface area contributed by atoms with Crippen LogP contribution in [0.2, 0.25) is 0 Å². The lowest BCUT2D eigenvalue weighted by Gasteiger charge is -2.15. The van der Waals surface area contributed by atoms with Crippen LogP contribution in [0.15, 0.2) is 21.5 Å². The van der Waals surface area contributed by atoms with E-state index in [1.54, 1.807) is 0 Å². The molecule has 0 radical (unpaired) electrons. The molecular formula is C9H10BrF2NO4S. The van der Waals surface area contributed by atoms with Gasteiger partial charge < -0.3 is 10.2 Å². The van der Waals surface area contributed by atoms with Gasteiger partial charge in [0.25, 0.3) is 0 Å². The van der Waals surface area contributed by atoms with Gasteiger partial charge in [0, 0.05) is 10.5 Å². The third-order valence-electron chi connectivity index (χ3n) is 1.99. The molecule has 0 spiro atoms. The zero-order valence-electron chi connectivity index (χ0n) is 8.90. The number of nitrogens with one attached hydrogen (secondary N) is 1. The lowest BCUT2D eigenvalue weighted by Crippen LogP contribution is -2.40. The zero-order valence-corrected chi connectivity index (χ0v) is 11.3. The summed E-state index contributed by atoms with van der Waals surface area (Å²) in [4.78, 5) is -0.782. The van der Waals surface area contributed by atoms with Crippen molar-refractivity contribution in [3.8, 4) is 0 Å². The number of rotatable bonds is 5. The fourth-order valence-electron chi connectivity index (χ4n) is 1.20. The van der Waals surface area contributed by atoms with Gasteiger partial charge in [0.1, 0.15) is 16.5 Å². The normalized spacial score (nSPS) is 12.1. The highest BCUT2D eigenvalue weighted by Gasteiger charge is 2.26. The Balaban J connectivity index is 3.21. The van der Waals surface area contributed by atoms with Crippen molar-refractivity contribution in [2.75, 3.05) is 13.2 Å². The molecule has 0 aliphatic heterocycles. The molecule has 1 aromatic carbocycles. The minimum absolute atomic E-state index is 0.290. The molecule has 0 saturated carbocycles. The minimum Gasteiger partial charge on any atom is -0.395 e. The number of halogens is 3. The van der Waals surface area contributed by atoms with Crippen molar-refractivity contribution in [3.63, 3.8) is 0 Å². The average molecular weight is 346 g/mol. The Bertz CT molecular complexity index is 510. The summed E-state index contributed by atoms with van der Waals surface area (Å²) in [6, 6.07) is 0.0582. The quantitative estimate of drug-likeness (QED) is 0.719. The number of sulfonamides is 1. The van der Waals surface area contributed by atoms with Gasteiger partial charge in [-0.05, 0) is 22.0 Å². The molecular weight excluding hydrogens is 336 g/mol. The van der Waals surface area contributed by atoms with Crippen LogP contribution < -0.4 is 4.72 Å². The van der Waals surface area contributed by atoms with E-state index in [1.165, 1.54) is 0 Å². The summed E-state index contributed by atoms with van der Waals surface area (Å²) in [6.45, 7) is -1.31. The Kier molecular flexibility index (Phi) is 5.17. The van der Waals surface area contributed by atoms with Crippen LogP contribution in [0.3, 0.4) is 0 Å². The van der Waals surface area contributed by atoms with E-state index in [1.807, 2.05) is 4.72 Å². The fraction of sp³-hybridized carbons (Fsp3) is 0.333. The smallest absolute Gasteiger partial charge is 0.245 e. The Morgan fingerprint density at radius 1 is 1.28 bits per heavy atom. The monoisotopic (exact) mass is 345 g/mol. The van der Waals surface area contributed by atoms with E-state index in [0.29, 0.717) is 6.07 Å². The molecule has 0 aliphatic rings. The lowest BCUT2D eigenvalue weighted by molar-refractivity contribution is 0.185. The van der Waals surface area contributed by atoms with Crippen LogP contribution in [0.5, 0.6) is 0 Å². The maximum absolute atomic E-state index is 13.5. The van der Waals surface area contributed by atoms with E-state index in [-0.39, 0.29) is 4.47 Å². The molecule has 0 aromatic heterocycles. The highest BCUT2D eigenvalue weighted by Crippen LogP contribution is 2.26. The first-order chi connectivity index (χ1) is 8.31. The summed E-state index contributed by atoms with van der Waals surface area (Å²) < 4.78 is 51.5. The minimum atomic E-state index is -4.32. The molecule has 3 N–H and O–H groups in total. The topological polar surface area (TPSA) is 86.6 Å². The van der Waals surface area contributed by atoms with E-state index in [4.69, 9.17) is 10.2 Å². The summed E-state index contributed by atoms with van der Waals surface area (Å²) in [7, 11) is -4.32. The van der Waals surface area contributed by atoms with E-state index in [0.717, 1.165) is 6.07 Å². The zero-order chi connectivity index (χ0) is 13.9. The molecule has 0 saturated heterocycles. The molecule has 0 aliphatic carbocycles. The summed E-state index contributed by atoms with van der Waals surface area (Å²) >= 11 is 2.74. The van der Waals surface area contributed by atoms with Crippen LogP contribution in [0.25, 0.3) is 0 Å². The highest BCUT2D eigenvalue weighted by atomic mass is 79.9. The predicted octanol–water partition coefficient (Wildman–Crippen LogP) is 0.359. The van der Waals surface area contributed by atoms with Gasteiger partial charge in [-0.25, -0.2) is 21.9 Å². The molecule has 0 atom stereocenters. The molecule has 18 heavy (non-hydrogen) atoms. The van der Waals surface area contributed by atoms with Gasteiger partial charge in [-0.3, -0.25) is 0 Å². The molecule has 1 rings (SSSR count). The van der Waals surface area contributed by atoms with Crippen molar-refractivity contribution in [1.29, 1.82) is 0 Å². The molecule has 0 unspecified atom stereocenters. The molecule has 102 valence electrons. The number of aliphatic hydroxyl groups excluding tert-OH is 2. The predicted molar refractivity (Wildman–Crippen MR) is 62.3 cm³/mol. The van der Waals surface area contributed by atoms with E-state index in [2.05, 4.69) is 15.9 Å². The van der Waals surface area contributed by atoms with Crippen LogP contribution >= 0.6 is 15.9 Å². The molecule has 0 bridgehead atoms. The van der Waals surface area contributed by atoms with E-state index in [9.17, 15) is 17.2 Å². The van der Waals surface area contributed by atoms with Crippen molar-refractivity contribution < 1.29 is 27.4 Å². The standard InChI is InChI=1S/C9H10BrF2NO4S/c10-7-1-5(11)2-8(12)9(7)18(16,17)13-6(3-14)4-15/h1-2,6,13-15H,3-4H2. The number of benzene rings is 1. The van der Waals surface area contributed by atoms with Crippen molar-refractivity contribution in [1.82, 2.24) is 4.72 Å². The van der Waals surface area contributed by atoms with Crippen LogP contribution in [0.4, 0.5) is 8.78 Å².